The number of nitrogens with two attached hydrogens (primary N) is 1. The van der Waals surface area contributed by atoms with Crippen LogP contribution in [0.4, 0.5) is 5.69 Å². The van der Waals surface area contributed by atoms with E-state index in [9.17, 15) is 5.11 Å². The summed E-state index contributed by atoms with van der Waals surface area (Å²) in [6.45, 7) is 4.83. The number of nitrogen functional groups attached to an aromatic ring is 1. The third-order valence-corrected chi connectivity index (χ3v) is 2.64. The van der Waals surface area contributed by atoms with Gasteiger partial charge in [-0.15, -0.1) is 0 Å². The van der Waals surface area contributed by atoms with Gasteiger partial charge in [0, 0.05) is 18.3 Å². The zero-order chi connectivity index (χ0) is 11.7. The molecular formula is C12H15N3O. The van der Waals surface area contributed by atoms with Crippen molar-refractivity contribution in [2.75, 3.05) is 5.73 Å². The number of phenols is 1. The van der Waals surface area contributed by atoms with Crippen molar-refractivity contribution < 1.29 is 5.11 Å². The Morgan fingerprint density at radius 2 is 2.19 bits per heavy atom. The van der Waals surface area contributed by atoms with E-state index in [0.717, 1.165) is 23.2 Å². The highest BCUT2D eigenvalue weighted by Crippen LogP contribution is 2.31. The molecule has 0 atom stereocenters. The number of nitrogens with zero attached hydrogens (tertiary/aromatic N) is 2. The summed E-state index contributed by atoms with van der Waals surface area (Å²) in [4.78, 5) is 0. The van der Waals surface area contributed by atoms with Gasteiger partial charge >= 0.3 is 0 Å². The maximum absolute atomic E-state index is 9.60. The molecule has 1 heterocycles. The standard InChI is InChI=1S/C12H15N3O/c1-3-15-7-9(6-14-15)10-5-12(16)11(13)4-8(10)2/h4-7,16H,3,13H2,1-2H3. The second kappa shape index (κ2) is 3.89. The van der Waals surface area contributed by atoms with Crippen molar-refractivity contribution in [1.82, 2.24) is 9.78 Å². The Bertz CT molecular complexity index is 517. The molecule has 0 amide bonds. The monoisotopic (exact) mass is 217 g/mol. The highest BCUT2D eigenvalue weighted by Gasteiger charge is 2.08. The molecule has 0 aliphatic heterocycles. The van der Waals surface area contributed by atoms with Gasteiger partial charge in [0.15, 0.2) is 0 Å². The summed E-state index contributed by atoms with van der Waals surface area (Å²) in [6, 6.07) is 3.45. The number of phenolic OH excluding ortho intramolecular Hbond substituents is 1. The molecule has 0 saturated heterocycles. The fourth-order valence-corrected chi connectivity index (χ4v) is 1.71. The molecule has 0 unspecified atom stereocenters. The number of anilines is 1. The zero-order valence-electron chi connectivity index (χ0n) is 9.44. The van der Waals surface area contributed by atoms with Gasteiger partial charge in [-0.1, -0.05) is 0 Å². The number of hydrogen-bond donors (Lipinski definition) is 2. The number of aryl methyl sites for hydroxylation is 2. The summed E-state index contributed by atoms with van der Waals surface area (Å²) in [7, 11) is 0. The highest BCUT2D eigenvalue weighted by molar-refractivity contribution is 5.72. The minimum absolute atomic E-state index is 0.116. The maximum atomic E-state index is 9.60. The van der Waals surface area contributed by atoms with Crippen LogP contribution in [0, 0.1) is 6.92 Å². The van der Waals surface area contributed by atoms with Crippen LogP contribution in [-0.2, 0) is 6.54 Å². The Morgan fingerprint density at radius 1 is 1.44 bits per heavy atom. The first kappa shape index (κ1) is 10.5. The van der Waals surface area contributed by atoms with Gasteiger partial charge in [-0.05, 0) is 37.1 Å². The molecular weight excluding hydrogens is 202 g/mol. The SMILES string of the molecule is CCn1cc(-c2cc(O)c(N)cc2C)cn1. The van der Waals surface area contributed by atoms with Crippen LogP contribution < -0.4 is 5.73 Å². The van der Waals surface area contributed by atoms with E-state index in [4.69, 9.17) is 5.73 Å². The van der Waals surface area contributed by atoms with E-state index in [1.54, 1.807) is 18.3 Å². The summed E-state index contributed by atoms with van der Waals surface area (Å²) >= 11 is 0. The van der Waals surface area contributed by atoms with Crippen LogP contribution in [0.15, 0.2) is 24.5 Å². The normalized spacial score (nSPS) is 10.6. The third kappa shape index (κ3) is 1.74. The lowest BCUT2D eigenvalue weighted by Gasteiger charge is -2.06. The Labute approximate surface area is 94.3 Å². The van der Waals surface area contributed by atoms with E-state index in [2.05, 4.69) is 5.10 Å². The first-order chi connectivity index (χ1) is 7.61. The van der Waals surface area contributed by atoms with Gasteiger partial charge in [0.25, 0.3) is 0 Å². The van der Waals surface area contributed by atoms with Crippen molar-refractivity contribution in [2.45, 2.75) is 20.4 Å². The number of hydrogen-bond acceptors (Lipinski definition) is 3. The Balaban J connectivity index is 2.51. The summed E-state index contributed by atoms with van der Waals surface area (Å²) in [5.41, 5.74) is 9.03. The molecule has 3 N–H and O–H groups in total. The lowest BCUT2D eigenvalue weighted by molar-refractivity contribution is 0.478. The van der Waals surface area contributed by atoms with Gasteiger partial charge in [-0.3, -0.25) is 4.68 Å². The fraction of sp³-hybridized carbons (Fsp3) is 0.250. The Morgan fingerprint density at radius 3 is 2.81 bits per heavy atom. The van der Waals surface area contributed by atoms with Crippen LogP contribution in [0.3, 0.4) is 0 Å². The Kier molecular flexibility index (Phi) is 2.56. The van der Waals surface area contributed by atoms with Crippen LogP contribution in [0.2, 0.25) is 0 Å². The molecule has 0 saturated carbocycles. The van der Waals surface area contributed by atoms with E-state index >= 15 is 0 Å². The first-order valence-electron chi connectivity index (χ1n) is 5.23. The van der Waals surface area contributed by atoms with Crippen LogP contribution in [-0.4, -0.2) is 14.9 Å². The molecule has 0 radical (unpaired) electrons. The Hall–Kier alpha value is -1.97. The lowest BCUT2D eigenvalue weighted by atomic mass is 10.0. The predicted molar refractivity (Wildman–Crippen MR) is 64.2 cm³/mol. The molecule has 84 valence electrons. The van der Waals surface area contributed by atoms with Crippen molar-refractivity contribution in [2.24, 2.45) is 0 Å². The van der Waals surface area contributed by atoms with Gasteiger partial charge in [0.05, 0.1) is 11.9 Å². The molecule has 0 bridgehead atoms. The smallest absolute Gasteiger partial charge is 0.139 e. The van der Waals surface area contributed by atoms with Crippen LogP contribution in [0.5, 0.6) is 5.75 Å². The van der Waals surface area contributed by atoms with Crippen LogP contribution in [0.1, 0.15) is 12.5 Å². The number of aromatic nitrogens is 2. The van der Waals surface area contributed by atoms with E-state index in [1.165, 1.54) is 0 Å². The van der Waals surface area contributed by atoms with E-state index in [0.29, 0.717) is 5.69 Å². The second-order valence-electron chi connectivity index (χ2n) is 3.81. The average Bonchev–Trinajstić information content (AvgIpc) is 2.71. The van der Waals surface area contributed by atoms with Crippen molar-refractivity contribution in [3.63, 3.8) is 0 Å². The van der Waals surface area contributed by atoms with Crippen molar-refractivity contribution in [1.29, 1.82) is 0 Å². The van der Waals surface area contributed by atoms with E-state index < -0.39 is 0 Å². The molecule has 2 aromatic rings. The molecule has 2 rings (SSSR count). The quantitative estimate of drug-likeness (QED) is 0.598. The van der Waals surface area contributed by atoms with Gasteiger partial charge < -0.3 is 10.8 Å². The first-order valence-corrected chi connectivity index (χ1v) is 5.23. The fourth-order valence-electron chi connectivity index (χ4n) is 1.71. The largest absolute Gasteiger partial charge is 0.506 e. The molecule has 0 spiro atoms. The van der Waals surface area contributed by atoms with Crippen molar-refractivity contribution >= 4 is 5.69 Å². The van der Waals surface area contributed by atoms with Crippen molar-refractivity contribution in [3.8, 4) is 16.9 Å². The minimum atomic E-state index is 0.116. The summed E-state index contributed by atoms with van der Waals surface area (Å²) < 4.78 is 1.85. The average molecular weight is 217 g/mol. The van der Waals surface area contributed by atoms with Crippen LogP contribution in [0.25, 0.3) is 11.1 Å². The van der Waals surface area contributed by atoms with Crippen LogP contribution >= 0.6 is 0 Å². The summed E-state index contributed by atoms with van der Waals surface area (Å²) in [6.07, 6.45) is 3.75. The molecule has 0 aliphatic carbocycles. The van der Waals surface area contributed by atoms with E-state index in [-0.39, 0.29) is 5.75 Å². The van der Waals surface area contributed by atoms with Gasteiger partial charge in [0.2, 0.25) is 0 Å². The second-order valence-corrected chi connectivity index (χ2v) is 3.81. The minimum Gasteiger partial charge on any atom is -0.506 e. The number of rotatable bonds is 2. The third-order valence-electron chi connectivity index (χ3n) is 2.64. The maximum Gasteiger partial charge on any atom is 0.139 e. The molecule has 1 aromatic carbocycles. The topological polar surface area (TPSA) is 64.1 Å². The van der Waals surface area contributed by atoms with Crippen molar-refractivity contribution in [3.05, 3.63) is 30.1 Å². The van der Waals surface area contributed by atoms with Gasteiger partial charge in [0.1, 0.15) is 5.75 Å². The summed E-state index contributed by atoms with van der Waals surface area (Å²) in [5.74, 6) is 0.116. The number of aromatic hydroxyl groups is 1. The summed E-state index contributed by atoms with van der Waals surface area (Å²) in [5, 5.41) is 13.8. The molecule has 0 fully saturated rings. The van der Waals surface area contributed by atoms with Gasteiger partial charge in [-0.25, -0.2) is 0 Å². The highest BCUT2D eigenvalue weighted by atomic mass is 16.3. The number of benzene rings is 1. The molecule has 4 nitrogen and oxygen atoms in total. The molecule has 0 aliphatic rings. The zero-order valence-corrected chi connectivity index (χ0v) is 9.44. The lowest BCUT2D eigenvalue weighted by Crippen LogP contribution is -1.92. The van der Waals surface area contributed by atoms with E-state index in [1.807, 2.05) is 24.7 Å². The predicted octanol–water partition coefficient (Wildman–Crippen LogP) is 2.17. The molecule has 1 aromatic heterocycles. The van der Waals surface area contributed by atoms with Gasteiger partial charge in [-0.2, -0.15) is 5.10 Å². The molecule has 16 heavy (non-hydrogen) atoms. The molecule has 4 heteroatoms.